The number of nitrogen functional groups attached to an aromatic ring is 1. The molecule has 110 valence electrons. The predicted octanol–water partition coefficient (Wildman–Crippen LogP) is 2.15. The largest absolute Gasteiger partial charge is 0.384 e. The van der Waals surface area contributed by atoms with E-state index in [0.29, 0.717) is 10.8 Å². The lowest BCUT2D eigenvalue weighted by atomic mass is 10.1. The van der Waals surface area contributed by atoms with Crippen LogP contribution in [0.25, 0.3) is 10.8 Å². The van der Waals surface area contributed by atoms with Crippen molar-refractivity contribution in [3.63, 3.8) is 0 Å². The van der Waals surface area contributed by atoms with E-state index in [1.807, 2.05) is 0 Å². The van der Waals surface area contributed by atoms with E-state index in [9.17, 15) is 14.0 Å². The number of hydrogen-bond acceptors (Lipinski definition) is 3. The van der Waals surface area contributed by atoms with Crippen LogP contribution in [0.4, 0.5) is 10.2 Å². The van der Waals surface area contributed by atoms with Gasteiger partial charge in [-0.25, -0.2) is 4.39 Å². The van der Waals surface area contributed by atoms with Crippen molar-refractivity contribution < 1.29 is 14.0 Å². The highest BCUT2D eigenvalue weighted by Gasteiger charge is 2.23. The third kappa shape index (κ3) is 2.01. The number of anilines is 1. The van der Waals surface area contributed by atoms with E-state index in [1.54, 1.807) is 24.3 Å². The Hall–Kier alpha value is -3.15. The molecule has 0 aliphatic carbocycles. The van der Waals surface area contributed by atoms with Crippen LogP contribution in [0.3, 0.4) is 0 Å². The molecule has 3 aromatic rings. The Bertz CT molecular complexity index is 898. The van der Waals surface area contributed by atoms with E-state index < -0.39 is 17.6 Å². The SMILES string of the molecule is NC(=O)c1c2ccccc2c(N)n1C(=O)c1ccc(F)cc1. The summed E-state index contributed by atoms with van der Waals surface area (Å²) >= 11 is 0. The van der Waals surface area contributed by atoms with Crippen LogP contribution in [-0.4, -0.2) is 16.4 Å². The van der Waals surface area contributed by atoms with Gasteiger partial charge < -0.3 is 11.5 Å². The zero-order valence-corrected chi connectivity index (χ0v) is 11.4. The number of hydrogen-bond donors (Lipinski definition) is 2. The second kappa shape index (κ2) is 5.00. The molecule has 0 aliphatic rings. The average Bonchev–Trinajstić information content (AvgIpc) is 2.81. The lowest BCUT2D eigenvalue weighted by molar-refractivity contribution is 0.0926. The third-order valence-corrected chi connectivity index (χ3v) is 3.45. The fourth-order valence-electron chi connectivity index (χ4n) is 2.45. The van der Waals surface area contributed by atoms with Crippen LogP contribution in [0.1, 0.15) is 20.8 Å². The molecule has 1 aromatic heterocycles. The number of carbonyl (C=O) groups excluding carboxylic acids is 2. The van der Waals surface area contributed by atoms with Crippen molar-refractivity contribution in [2.45, 2.75) is 0 Å². The minimum absolute atomic E-state index is 0.0161. The van der Waals surface area contributed by atoms with Gasteiger partial charge in [-0.1, -0.05) is 24.3 Å². The molecule has 0 radical (unpaired) electrons. The Morgan fingerprint density at radius 1 is 0.955 bits per heavy atom. The molecule has 0 spiro atoms. The van der Waals surface area contributed by atoms with E-state index in [0.717, 1.165) is 16.7 Å². The molecule has 0 aliphatic heterocycles. The number of aromatic nitrogens is 1. The Labute approximate surface area is 124 Å². The minimum atomic E-state index is -0.761. The first kappa shape index (κ1) is 13.8. The fourth-order valence-corrected chi connectivity index (χ4v) is 2.45. The number of halogens is 1. The number of carbonyl (C=O) groups is 2. The summed E-state index contributed by atoms with van der Waals surface area (Å²) < 4.78 is 14.1. The van der Waals surface area contributed by atoms with Crippen molar-refractivity contribution in [2.24, 2.45) is 5.73 Å². The highest BCUT2D eigenvalue weighted by molar-refractivity contribution is 6.15. The Morgan fingerprint density at radius 3 is 2.14 bits per heavy atom. The summed E-state index contributed by atoms with van der Waals surface area (Å²) in [4.78, 5) is 24.4. The standard InChI is InChI=1S/C16H12FN3O2/c17-10-7-5-9(6-8-10)16(22)20-13(15(19)21)11-3-1-2-4-12(11)14(20)18/h1-8H,18H2,(H2,19,21). The van der Waals surface area contributed by atoms with Crippen LogP contribution in [0.15, 0.2) is 48.5 Å². The zero-order chi connectivity index (χ0) is 15.9. The summed E-state index contributed by atoms with van der Waals surface area (Å²) in [5.74, 6) is -1.64. The molecule has 0 fully saturated rings. The Kier molecular flexibility index (Phi) is 3.14. The normalized spacial score (nSPS) is 10.8. The van der Waals surface area contributed by atoms with Gasteiger partial charge in [-0.2, -0.15) is 0 Å². The number of nitrogens with zero attached hydrogens (tertiary/aromatic N) is 1. The Balaban J connectivity index is 2.28. The maximum atomic E-state index is 13.0. The Morgan fingerprint density at radius 2 is 1.55 bits per heavy atom. The fraction of sp³-hybridized carbons (Fsp3) is 0. The highest BCUT2D eigenvalue weighted by atomic mass is 19.1. The number of primary amides is 1. The van der Waals surface area contributed by atoms with Gasteiger partial charge >= 0.3 is 0 Å². The van der Waals surface area contributed by atoms with Crippen molar-refractivity contribution in [1.29, 1.82) is 0 Å². The van der Waals surface area contributed by atoms with E-state index >= 15 is 0 Å². The minimum Gasteiger partial charge on any atom is -0.384 e. The first-order valence-corrected chi connectivity index (χ1v) is 6.49. The molecule has 0 bridgehead atoms. The van der Waals surface area contributed by atoms with Gasteiger partial charge in [-0.05, 0) is 24.3 Å². The van der Waals surface area contributed by atoms with Gasteiger partial charge in [0.25, 0.3) is 11.8 Å². The number of rotatable bonds is 2. The number of nitrogens with two attached hydrogens (primary N) is 2. The van der Waals surface area contributed by atoms with Gasteiger partial charge in [-0.15, -0.1) is 0 Å². The molecular formula is C16H12FN3O2. The highest BCUT2D eigenvalue weighted by Crippen LogP contribution is 2.29. The van der Waals surface area contributed by atoms with Crippen LogP contribution in [0, 0.1) is 5.82 Å². The molecule has 0 saturated carbocycles. The molecule has 1 heterocycles. The molecule has 0 unspecified atom stereocenters. The van der Waals surface area contributed by atoms with Crippen molar-refractivity contribution in [3.8, 4) is 0 Å². The van der Waals surface area contributed by atoms with Crippen molar-refractivity contribution in [3.05, 3.63) is 65.6 Å². The van der Waals surface area contributed by atoms with Gasteiger partial charge in [0.05, 0.1) is 0 Å². The summed E-state index contributed by atoms with van der Waals surface area (Å²) in [6, 6.07) is 11.8. The van der Waals surface area contributed by atoms with E-state index in [-0.39, 0.29) is 17.1 Å². The maximum Gasteiger partial charge on any atom is 0.266 e. The topological polar surface area (TPSA) is 91.1 Å². The number of fused-ring (bicyclic) bond motifs is 1. The summed E-state index contributed by atoms with van der Waals surface area (Å²) in [6.45, 7) is 0. The smallest absolute Gasteiger partial charge is 0.266 e. The molecule has 0 saturated heterocycles. The number of amides is 1. The van der Waals surface area contributed by atoms with Gasteiger partial charge in [0.15, 0.2) is 0 Å². The summed E-state index contributed by atoms with van der Waals surface area (Å²) in [5, 5.41) is 1.06. The predicted molar refractivity (Wildman–Crippen MR) is 81.0 cm³/mol. The van der Waals surface area contributed by atoms with E-state index in [1.165, 1.54) is 12.1 Å². The second-order valence-electron chi connectivity index (χ2n) is 4.79. The first-order valence-electron chi connectivity index (χ1n) is 6.49. The maximum absolute atomic E-state index is 13.0. The molecule has 4 N–H and O–H groups in total. The average molecular weight is 297 g/mol. The lowest BCUT2D eigenvalue weighted by Gasteiger charge is -2.08. The summed E-state index contributed by atoms with van der Waals surface area (Å²) in [7, 11) is 0. The first-order chi connectivity index (χ1) is 10.5. The molecule has 5 nitrogen and oxygen atoms in total. The van der Waals surface area contributed by atoms with Crippen molar-refractivity contribution in [1.82, 2.24) is 4.57 Å². The van der Waals surface area contributed by atoms with Crippen LogP contribution < -0.4 is 11.5 Å². The number of benzene rings is 2. The second-order valence-corrected chi connectivity index (χ2v) is 4.79. The van der Waals surface area contributed by atoms with Crippen LogP contribution in [0.5, 0.6) is 0 Å². The monoisotopic (exact) mass is 297 g/mol. The van der Waals surface area contributed by atoms with Crippen molar-refractivity contribution >= 4 is 28.4 Å². The van der Waals surface area contributed by atoms with Gasteiger partial charge in [0, 0.05) is 16.3 Å². The van der Waals surface area contributed by atoms with Crippen LogP contribution >= 0.6 is 0 Å². The quantitative estimate of drug-likeness (QED) is 0.759. The molecule has 22 heavy (non-hydrogen) atoms. The molecule has 1 amide bonds. The molecular weight excluding hydrogens is 285 g/mol. The van der Waals surface area contributed by atoms with Gasteiger partial charge in [-0.3, -0.25) is 14.2 Å². The van der Waals surface area contributed by atoms with Crippen LogP contribution in [0.2, 0.25) is 0 Å². The molecule has 2 aromatic carbocycles. The third-order valence-electron chi connectivity index (χ3n) is 3.45. The summed E-state index contributed by atoms with van der Waals surface area (Å²) in [6.07, 6.45) is 0. The zero-order valence-electron chi connectivity index (χ0n) is 11.4. The van der Waals surface area contributed by atoms with Gasteiger partial charge in [0.2, 0.25) is 0 Å². The molecule has 6 heteroatoms. The van der Waals surface area contributed by atoms with Gasteiger partial charge in [0.1, 0.15) is 17.3 Å². The van der Waals surface area contributed by atoms with E-state index in [4.69, 9.17) is 11.5 Å². The summed E-state index contributed by atoms with van der Waals surface area (Å²) in [5.41, 5.74) is 11.6. The molecule has 3 rings (SSSR count). The molecule has 0 atom stereocenters. The lowest BCUT2D eigenvalue weighted by Crippen LogP contribution is -2.23. The van der Waals surface area contributed by atoms with Crippen molar-refractivity contribution in [2.75, 3.05) is 5.73 Å². The van der Waals surface area contributed by atoms with Crippen LogP contribution in [-0.2, 0) is 0 Å². The van der Waals surface area contributed by atoms with E-state index in [2.05, 4.69) is 0 Å².